The summed E-state index contributed by atoms with van der Waals surface area (Å²) in [4.78, 5) is 21.1. The van der Waals surface area contributed by atoms with E-state index >= 15 is 0 Å². The smallest absolute Gasteiger partial charge is 0.312 e. The molecular weight excluding hydrogens is 326 g/mol. The Hall–Kier alpha value is -2.21. The van der Waals surface area contributed by atoms with Gasteiger partial charge in [-0.2, -0.15) is 0 Å². The van der Waals surface area contributed by atoms with Crippen LogP contribution in [0.1, 0.15) is 15.9 Å². The first-order chi connectivity index (χ1) is 9.51. The standard InChI is InChI=1S/C14H10BrNO4/c1-9-6-11(15)3-5-13(9)20-14-4-2-10(8-17)7-12(14)16(18)19/h2-8H,1H3. The monoisotopic (exact) mass is 335 g/mol. The number of carbonyl (C=O) groups excluding carboxylic acids is 1. The molecule has 0 fully saturated rings. The molecule has 0 atom stereocenters. The zero-order chi connectivity index (χ0) is 14.7. The Labute approximate surface area is 123 Å². The molecule has 0 aliphatic carbocycles. The van der Waals surface area contributed by atoms with Crippen molar-refractivity contribution in [3.8, 4) is 11.5 Å². The summed E-state index contributed by atoms with van der Waals surface area (Å²) >= 11 is 3.34. The Balaban J connectivity index is 2.42. The summed E-state index contributed by atoms with van der Waals surface area (Å²) in [7, 11) is 0. The van der Waals surface area contributed by atoms with E-state index in [0.717, 1.165) is 10.0 Å². The lowest BCUT2D eigenvalue weighted by atomic mass is 10.2. The van der Waals surface area contributed by atoms with Crippen LogP contribution >= 0.6 is 15.9 Å². The Kier molecular flexibility index (Phi) is 4.14. The maximum Gasteiger partial charge on any atom is 0.312 e. The normalized spacial score (nSPS) is 10.1. The molecule has 6 heteroatoms. The van der Waals surface area contributed by atoms with Gasteiger partial charge in [0.25, 0.3) is 0 Å². The molecule has 0 saturated carbocycles. The first-order valence-corrected chi connectivity index (χ1v) is 6.48. The van der Waals surface area contributed by atoms with Gasteiger partial charge < -0.3 is 4.74 Å². The second kappa shape index (κ2) is 5.83. The van der Waals surface area contributed by atoms with Gasteiger partial charge >= 0.3 is 5.69 Å². The van der Waals surface area contributed by atoms with Gasteiger partial charge in [-0.05, 0) is 42.8 Å². The summed E-state index contributed by atoms with van der Waals surface area (Å²) in [6.07, 6.45) is 0.557. The summed E-state index contributed by atoms with van der Waals surface area (Å²) in [5, 5.41) is 11.0. The van der Waals surface area contributed by atoms with Crippen LogP contribution in [0, 0.1) is 17.0 Å². The van der Waals surface area contributed by atoms with Crippen LogP contribution in [0.5, 0.6) is 11.5 Å². The lowest BCUT2D eigenvalue weighted by molar-refractivity contribution is -0.385. The van der Waals surface area contributed by atoms with Crippen LogP contribution in [-0.2, 0) is 0 Å². The summed E-state index contributed by atoms with van der Waals surface area (Å²) < 4.78 is 6.47. The minimum atomic E-state index is -0.573. The highest BCUT2D eigenvalue weighted by Gasteiger charge is 2.17. The summed E-state index contributed by atoms with van der Waals surface area (Å²) in [5.41, 5.74) is 0.835. The Morgan fingerprint density at radius 3 is 2.50 bits per heavy atom. The van der Waals surface area contributed by atoms with Crippen LogP contribution in [0.25, 0.3) is 0 Å². The topological polar surface area (TPSA) is 69.4 Å². The van der Waals surface area contributed by atoms with E-state index in [1.54, 1.807) is 12.1 Å². The molecule has 0 unspecified atom stereocenters. The molecule has 20 heavy (non-hydrogen) atoms. The number of ether oxygens (including phenoxy) is 1. The van der Waals surface area contributed by atoms with Gasteiger partial charge in [0.2, 0.25) is 5.75 Å². The third-order valence-electron chi connectivity index (χ3n) is 2.67. The number of nitro groups is 1. The van der Waals surface area contributed by atoms with Crippen molar-refractivity contribution in [2.24, 2.45) is 0 Å². The van der Waals surface area contributed by atoms with Crippen LogP contribution < -0.4 is 4.74 Å². The van der Waals surface area contributed by atoms with Gasteiger partial charge in [0.1, 0.15) is 12.0 Å². The van der Waals surface area contributed by atoms with E-state index in [1.165, 1.54) is 18.2 Å². The van der Waals surface area contributed by atoms with Gasteiger partial charge in [-0.25, -0.2) is 0 Å². The van der Waals surface area contributed by atoms with Gasteiger partial charge in [-0.1, -0.05) is 15.9 Å². The highest BCUT2D eigenvalue weighted by atomic mass is 79.9. The number of aldehydes is 1. The second-order valence-electron chi connectivity index (χ2n) is 4.11. The minimum Gasteiger partial charge on any atom is -0.450 e. The summed E-state index contributed by atoms with van der Waals surface area (Å²) in [6, 6.07) is 9.44. The van der Waals surface area contributed by atoms with E-state index in [2.05, 4.69) is 15.9 Å². The molecule has 102 valence electrons. The van der Waals surface area contributed by atoms with Crippen molar-refractivity contribution < 1.29 is 14.5 Å². The molecule has 0 spiro atoms. The highest BCUT2D eigenvalue weighted by Crippen LogP contribution is 2.34. The summed E-state index contributed by atoms with van der Waals surface area (Å²) in [6.45, 7) is 1.84. The number of hydrogen-bond donors (Lipinski definition) is 0. The first-order valence-electron chi connectivity index (χ1n) is 5.69. The molecule has 0 aliphatic heterocycles. The fourth-order valence-electron chi connectivity index (χ4n) is 1.68. The van der Waals surface area contributed by atoms with E-state index in [9.17, 15) is 14.9 Å². The molecule has 0 N–H and O–H groups in total. The van der Waals surface area contributed by atoms with Crippen molar-refractivity contribution in [3.05, 3.63) is 62.1 Å². The molecule has 5 nitrogen and oxygen atoms in total. The van der Waals surface area contributed by atoms with Crippen LogP contribution in [0.2, 0.25) is 0 Å². The van der Waals surface area contributed by atoms with E-state index in [1.807, 2.05) is 13.0 Å². The van der Waals surface area contributed by atoms with Crippen molar-refractivity contribution in [1.29, 1.82) is 0 Å². The molecule has 0 saturated heterocycles. The fraction of sp³-hybridized carbons (Fsp3) is 0.0714. The largest absolute Gasteiger partial charge is 0.450 e. The average molecular weight is 336 g/mol. The number of benzene rings is 2. The number of nitrogens with zero attached hydrogens (tertiary/aromatic N) is 1. The SMILES string of the molecule is Cc1cc(Br)ccc1Oc1ccc(C=O)cc1[N+](=O)[O-]. The maximum absolute atomic E-state index is 11.0. The average Bonchev–Trinajstić information content (AvgIpc) is 2.42. The molecular formula is C14H10BrNO4. The van der Waals surface area contributed by atoms with Crippen molar-refractivity contribution in [1.82, 2.24) is 0 Å². The van der Waals surface area contributed by atoms with Gasteiger partial charge in [0.05, 0.1) is 4.92 Å². The summed E-state index contributed by atoms with van der Waals surface area (Å²) in [5.74, 6) is 0.626. The van der Waals surface area contributed by atoms with Crippen molar-refractivity contribution >= 4 is 27.9 Å². The first kappa shape index (κ1) is 14.2. The van der Waals surface area contributed by atoms with E-state index < -0.39 is 4.92 Å². The number of carbonyl (C=O) groups is 1. The van der Waals surface area contributed by atoms with Gasteiger partial charge in [0, 0.05) is 16.1 Å². The lowest BCUT2D eigenvalue weighted by Gasteiger charge is -2.09. The Morgan fingerprint density at radius 1 is 1.20 bits per heavy atom. The predicted molar refractivity (Wildman–Crippen MR) is 77.4 cm³/mol. The molecule has 0 heterocycles. The van der Waals surface area contributed by atoms with Crippen LogP contribution in [0.15, 0.2) is 40.9 Å². The zero-order valence-electron chi connectivity index (χ0n) is 10.5. The zero-order valence-corrected chi connectivity index (χ0v) is 12.1. The number of nitro benzene ring substituents is 1. The molecule has 2 aromatic carbocycles. The molecule has 0 aromatic heterocycles. The van der Waals surface area contributed by atoms with Gasteiger partial charge in [0.15, 0.2) is 0 Å². The Bertz CT molecular complexity index is 685. The number of halogens is 1. The third kappa shape index (κ3) is 3.03. The second-order valence-corrected chi connectivity index (χ2v) is 5.03. The Morgan fingerprint density at radius 2 is 1.90 bits per heavy atom. The van der Waals surface area contributed by atoms with Gasteiger partial charge in [-0.15, -0.1) is 0 Å². The molecule has 0 bridgehead atoms. The highest BCUT2D eigenvalue weighted by molar-refractivity contribution is 9.10. The van der Waals surface area contributed by atoms with E-state index in [-0.39, 0.29) is 17.0 Å². The van der Waals surface area contributed by atoms with Crippen molar-refractivity contribution in [2.45, 2.75) is 6.92 Å². The van der Waals surface area contributed by atoms with Gasteiger partial charge in [-0.3, -0.25) is 14.9 Å². The number of rotatable bonds is 4. The van der Waals surface area contributed by atoms with E-state index in [0.29, 0.717) is 12.0 Å². The van der Waals surface area contributed by atoms with Crippen LogP contribution in [0.3, 0.4) is 0 Å². The third-order valence-corrected chi connectivity index (χ3v) is 3.17. The molecule has 0 amide bonds. The number of hydrogen-bond acceptors (Lipinski definition) is 4. The lowest BCUT2D eigenvalue weighted by Crippen LogP contribution is -1.96. The number of aryl methyl sites for hydroxylation is 1. The predicted octanol–water partition coefficient (Wildman–Crippen LogP) is 4.27. The van der Waals surface area contributed by atoms with Crippen LogP contribution in [-0.4, -0.2) is 11.2 Å². The molecule has 2 rings (SSSR count). The fourth-order valence-corrected chi connectivity index (χ4v) is 2.16. The van der Waals surface area contributed by atoms with Crippen LogP contribution in [0.4, 0.5) is 5.69 Å². The van der Waals surface area contributed by atoms with Crippen molar-refractivity contribution in [2.75, 3.05) is 0 Å². The molecule has 0 radical (unpaired) electrons. The molecule has 0 aliphatic rings. The quantitative estimate of drug-likeness (QED) is 0.475. The maximum atomic E-state index is 11.0. The van der Waals surface area contributed by atoms with E-state index in [4.69, 9.17) is 4.74 Å². The minimum absolute atomic E-state index is 0.103. The van der Waals surface area contributed by atoms with Crippen molar-refractivity contribution in [3.63, 3.8) is 0 Å². The molecule has 2 aromatic rings.